The van der Waals surface area contributed by atoms with Crippen LogP contribution in [0.2, 0.25) is 0 Å². The molecule has 0 bridgehead atoms. The second-order valence-corrected chi connectivity index (χ2v) is 6.36. The first kappa shape index (κ1) is 14.8. The van der Waals surface area contributed by atoms with Crippen LogP contribution in [0.3, 0.4) is 0 Å². The molecule has 3 rings (SSSR count). The van der Waals surface area contributed by atoms with Gasteiger partial charge in [-0.05, 0) is 19.1 Å². The maximum atomic E-state index is 12.1. The Labute approximate surface area is 132 Å². The van der Waals surface area contributed by atoms with Gasteiger partial charge in [-0.1, -0.05) is 6.07 Å². The molecule has 1 aliphatic heterocycles. The first-order valence-electron chi connectivity index (χ1n) is 7.05. The minimum atomic E-state index is -0.539. The van der Waals surface area contributed by atoms with Crippen LogP contribution in [0.25, 0.3) is 0 Å². The zero-order chi connectivity index (χ0) is 15.5. The van der Waals surface area contributed by atoms with Crippen LogP contribution < -0.4 is 5.63 Å². The number of aromatic hydroxyl groups is 1. The standard InChI is InChI=1S/C16H16N2O3S/c1-10-8-13(19)15(16(20)21-10)12-9-14(22-7-6-18-12)11-4-2-3-5-17-11/h2-5,8,14,19H,6-7,9H2,1H3. The van der Waals surface area contributed by atoms with Gasteiger partial charge >= 0.3 is 5.63 Å². The molecule has 1 N–H and O–H groups in total. The van der Waals surface area contributed by atoms with Crippen molar-refractivity contribution >= 4 is 17.5 Å². The Morgan fingerprint density at radius 2 is 2.27 bits per heavy atom. The van der Waals surface area contributed by atoms with Crippen molar-refractivity contribution in [3.63, 3.8) is 0 Å². The second kappa shape index (κ2) is 6.36. The van der Waals surface area contributed by atoms with Crippen LogP contribution in [0, 0.1) is 6.92 Å². The lowest BCUT2D eigenvalue weighted by Crippen LogP contribution is -2.17. The Hall–Kier alpha value is -2.08. The highest BCUT2D eigenvalue weighted by Crippen LogP contribution is 2.34. The van der Waals surface area contributed by atoms with Crippen LogP contribution in [-0.4, -0.2) is 28.1 Å². The molecule has 0 saturated carbocycles. The normalized spacial score (nSPS) is 18.6. The number of nitrogens with zero attached hydrogens (tertiary/aromatic N) is 2. The van der Waals surface area contributed by atoms with Gasteiger partial charge < -0.3 is 9.52 Å². The van der Waals surface area contributed by atoms with Gasteiger partial charge in [0.05, 0.1) is 16.7 Å². The Balaban J connectivity index is 1.97. The zero-order valence-corrected chi connectivity index (χ0v) is 13.0. The molecule has 3 heterocycles. The summed E-state index contributed by atoms with van der Waals surface area (Å²) >= 11 is 1.76. The van der Waals surface area contributed by atoms with Crippen molar-refractivity contribution in [2.45, 2.75) is 18.6 Å². The highest BCUT2D eigenvalue weighted by atomic mass is 32.2. The highest BCUT2D eigenvalue weighted by molar-refractivity contribution is 7.99. The molecule has 0 amide bonds. The monoisotopic (exact) mass is 316 g/mol. The fraction of sp³-hybridized carbons (Fsp3) is 0.312. The smallest absolute Gasteiger partial charge is 0.348 e. The molecule has 0 saturated heterocycles. The van der Waals surface area contributed by atoms with Gasteiger partial charge in [0, 0.05) is 31.0 Å². The molecule has 6 heteroatoms. The van der Waals surface area contributed by atoms with E-state index in [1.165, 1.54) is 6.07 Å². The van der Waals surface area contributed by atoms with Crippen LogP contribution in [0.15, 0.2) is 44.7 Å². The topological polar surface area (TPSA) is 75.7 Å². The summed E-state index contributed by atoms with van der Waals surface area (Å²) in [5.74, 6) is 1.16. The number of aromatic nitrogens is 1. The molecule has 114 valence electrons. The average molecular weight is 316 g/mol. The summed E-state index contributed by atoms with van der Waals surface area (Å²) in [7, 11) is 0. The molecule has 1 unspecified atom stereocenters. The molecule has 1 aliphatic rings. The maximum Gasteiger partial charge on any atom is 0.348 e. The average Bonchev–Trinajstić information content (AvgIpc) is 2.73. The molecular weight excluding hydrogens is 300 g/mol. The second-order valence-electron chi connectivity index (χ2n) is 5.05. The predicted octanol–water partition coefficient (Wildman–Crippen LogP) is 2.72. The lowest BCUT2D eigenvalue weighted by Gasteiger charge is -2.14. The number of pyridine rings is 1. The molecule has 22 heavy (non-hydrogen) atoms. The van der Waals surface area contributed by atoms with Gasteiger partial charge in [0.15, 0.2) is 0 Å². The van der Waals surface area contributed by atoms with Gasteiger partial charge in [-0.15, -0.1) is 11.8 Å². The van der Waals surface area contributed by atoms with Gasteiger partial charge in [-0.25, -0.2) is 4.79 Å². The molecule has 2 aromatic heterocycles. The number of aliphatic imine (C=N–C) groups is 1. The van der Waals surface area contributed by atoms with Gasteiger partial charge in [-0.2, -0.15) is 0 Å². The third-order valence-corrected chi connectivity index (χ3v) is 4.68. The molecule has 2 aromatic rings. The Bertz CT molecular complexity index is 756. The van der Waals surface area contributed by atoms with E-state index in [4.69, 9.17) is 4.42 Å². The largest absolute Gasteiger partial charge is 0.507 e. The summed E-state index contributed by atoms with van der Waals surface area (Å²) in [5, 5.41) is 10.2. The fourth-order valence-electron chi connectivity index (χ4n) is 2.47. The van der Waals surface area contributed by atoms with Gasteiger partial charge in [0.1, 0.15) is 17.1 Å². The maximum absolute atomic E-state index is 12.1. The number of rotatable bonds is 2. The first-order chi connectivity index (χ1) is 10.6. The molecule has 1 atom stereocenters. The lowest BCUT2D eigenvalue weighted by molar-refractivity contribution is 0.432. The minimum absolute atomic E-state index is 0.0702. The summed E-state index contributed by atoms with van der Waals surface area (Å²) in [5.41, 5.74) is 1.18. The summed E-state index contributed by atoms with van der Waals surface area (Å²) in [6, 6.07) is 7.24. The SMILES string of the molecule is Cc1cc(O)c(C2=NCCSC(c3ccccn3)C2)c(=O)o1. The summed E-state index contributed by atoms with van der Waals surface area (Å²) in [4.78, 5) is 20.9. The summed E-state index contributed by atoms with van der Waals surface area (Å²) < 4.78 is 5.11. The van der Waals surface area contributed by atoms with E-state index in [2.05, 4.69) is 9.98 Å². The van der Waals surface area contributed by atoms with Crippen molar-refractivity contribution in [2.75, 3.05) is 12.3 Å². The van der Waals surface area contributed by atoms with Gasteiger partial charge in [0.2, 0.25) is 0 Å². The van der Waals surface area contributed by atoms with E-state index in [0.29, 0.717) is 24.4 Å². The van der Waals surface area contributed by atoms with Crippen LogP contribution >= 0.6 is 11.8 Å². The highest BCUT2D eigenvalue weighted by Gasteiger charge is 2.24. The molecule has 0 spiro atoms. The summed E-state index contributed by atoms with van der Waals surface area (Å²) in [6.45, 7) is 2.24. The number of aryl methyl sites for hydroxylation is 1. The van der Waals surface area contributed by atoms with Gasteiger partial charge in [-0.3, -0.25) is 9.98 Å². The molecule has 0 fully saturated rings. The van der Waals surface area contributed by atoms with E-state index >= 15 is 0 Å². The van der Waals surface area contributed by atoms with E-state index in [1.807, 2.05) is 18.2 Å². The van der Waals surface area contributed by atoms with E-state index in [-0.39, 0.29) is 16.6 Å². The Morgan fingerprint density at radius 3 is 3.00 bits per heavy atom. The third-order valence-electron chi connectivity index (χ3n) is 3.45. The van der Waals surface area contributed by atoms with Crippen molar-refractivity contribution in [3.8, 4) is 5.75 Å². The minimum Gasteiger partial charge on any atom is -0.507 e. The van der Waals surface area contributed by atoms with E-state index in [9.17, 15) is 9.90 Å². The third kappa shape index (κ3) is 3.06. The molecule has 0 aromatic carbocycles. The van der Waals surface area contributed by atoms with Crippen molar-refractivity contribution in [2.24, 2.45) is 4.99 Å². The van der Waals surface area contributed by atoms with E-state index in [1.54, 1.807) is 24.9 Å². The van der Waals surface area contributed by atoms with Crippen LogP contribution in [0.1, 0.15) is 28.7 Å². The molecule has 5 nitrogen and oxygen atoms in total. The lowest BCUT2D eigenvalue weighted by atomic mass is 10.0. The van der Waals surface area contributed by atoms with Crippen molar-refractivity contribution < 1.29 is 9.52 Å². The van der Waals surface area contributed by atoms with E-state index in [0.717, 1.165) is 11.4 Å². The summed E-state index contributed by atoms with van der Waals surface area (Å²) in [6.07, 6.45) is 2.30. The van der Waals surface area contributed by atoms with Crippen LogP contribution in [0.4, 0.5) is 0 Å². The fourth-order valence-corrected chi connectivity index (χ4v) is 3.54. The van der Waals surface area contributed by atoms with Crippen molar-refractivity contribution in [3.05, 3.63) is 57.9 Å². The Kier molecular flexibility index (Phi) is 4.29. The van der Waals surface area contributed by atoms with Crippen LogP contribution in [-0.2, 0) is 0 Å². The number of thioether (sulfide) groups is 1. The molecule has 0 radical (unpaired) electrons. The van der Waals surface area contributed by atoms with Crippen LogP contribution in [0.5, 0.6) is 5.75 Å². The molecular formula is C16H16N2O3S. The predicted molar refractivity (Wildman–Crippen MR) is 86.8 cm³/mol. The van der Waals surface area contributed by atoms with Gasteiger partial charge in [0.25, 0.3) is 0 Å². The van der Waals surface area contributed by atoms with Crippen molar-refractivity contribution in [1.29, 1.82) is 0 Å². The molecule has 0 aliphatic carbocycles. The van der Waals surface area contributed by atoms with Crippen molar-refractivity contribution in [1.82, 2.24) is 4.98 Å². The quantitative estimate of drug-likeness (QED) is 0.922. The number of hydrogen-bond acceptors (Lipinski definition) is 6. The Morgan fingerprint density at radius 1 is 1.41 bits per heavy atom. The van der Waals surface area contributed by atoms with E-state index < -0.39 is 5.63 Å². The first-order valence-corrected chi connectivity index (χ1v) is 8.10. The number of hydrogen-bond donors (Lipinski definition) is 1. The zero-order valence-electron chi connectivity index (χ0n) is 12.2.